The number of benzene rings is 2. The first-order valence-corrected chi connectivity index (χ1v) is 22.5. The standard InChI is InChI=1S/C50H63N7O7/c1-9-43(58)55-22-19-35(28-55)47(60)54(7)44(31(3)4)46(59)52-41-24-32-13-11-14-33(23-32)34-16-17-42-37(25-34)38(45(56(42)10-2)39-27-51-20-18-36(39)29-63-8)26-50(5,6)30-64-49(62)40-15-12-21-57(53-40)48(41)61/h9,11,13-14,16-18,20,23,25,27,31,35,40-41,44,53H,1,10,12,15,19,21-22,24,26,28-30H2,2-8H3,(H,52,59)/t35-,40-,41-,44?/m0/s1. The lowest BCUT2D eigenvalue weighted by molar-refractivity contribution is -0.155. The van der Waals surface area contributed by atoms with Crippen molar-refractivity contribution in [2.75, 3.05) is 40.4 Å². The van der Waals surface area contributed by atoms with Crippen molar-refractivity contribution in [1.29, 1.82) is 0 Å². The molecule has 4 amide bonds. The molecule has 14 nitrogen and oxygen atoms in total. The number of amides is 4. The summed E-state index contributed by atoms with van der Waals surface area (Å²) in [5.41, 5.74) is 10.7. The number of pyridine rings is 1. The van der Waals surface area contributed by atoms with Gasteiger partial charge in [-0.05, 0) is 90.6 Å². The molecule has 5 heterocycles. The van der Waals surface area contributed by atoms with Crippen LogP contribution in [0.15, 0.2) is 73.6 Å². The van der Waals surface area contributed by atoms with E-state index in [9.17, 15) is 24.0 Å². The van der Waals surface area contributed by atoms with Gasteiger partial charge in [-0.25, -0.2) is 5.43 Å². The number of aromatic nitrogens is 2. The number of nitrogens with one attached hydrogen (secondary N) is 2. The molecule has 14 heteroatoms. The molecule has 0 spiro atoms. The Morgan fingerprint density at radius 2 is 1.88 bits per heavy atom. The molecule has 0 saturated carbocycles. The number of hydrogen-bond acceptors (Lipinski definition) is 9. The van der Waals surface area contributed by atoms with E-state index in [0.717, 1.165) is 50.0 Å². The van der Waals surface area contributed by atoms with Crippen molar-refractivity contribution in [3.63, 3.8) is 0 Å². The molecule has 340 valence electrons. The number of methoxy groups -OCH3 is 1. The van der Waals surface area contributed by atoms with Gasteiger partial charge >= 0.3 is 5.97 Å². The Morgan fingerprint density at radius 1 is 1.09 bits per heavy atom. The molecular weight excluding hydrogens is 811 g/mol. The van der Waals surface area contributed by atoms with Gasteiger partial charge in [0.2, 0.25) is 17.7 Å². The Hall–Kier alpha value is -5.86. The Labute approximate surface area is 376 Å². The van der Waals surface area contributed by atoms with Crippen molar-refractivity contribution in [2.45, 2.75) is 98.0 Å². The molecule has 2 N–H and O–H groups in total. The number of esters is 1. The van der Waals surface area contributed by atoms with Gasteiger partial charge in [-0.15, -0.1) is 0 Å². The summed E-state index contributed by atoms with van der Waals surface area (Å²) >= 11 is 0. The Kier molecular flexibility index (Phi) is 14.0. The predicted octanol–water partition coefficient (Wildman–Crippen LogP) is 5.70. The average Bonchev–Trinajstić information content (AvgIpc) is 3.90. The fraction of sp³-hybridized carbons (Fsp3) is 0.480. The third-order valence-corrected chi connectivity index (χ3v) is 13.0. The minimum Gasteiger partial charge on any atom is -0.464 e. The monoisotopic (exact) mass is 873 g/mol. The van der Waals surface area contributed by atoms with Gasteiger partial charge in [-0.1, -0.05) is 64.6 Å². The Morgan fingerprint density at radius 3 is 2.61 bits per heavy atom. The summed E-state index contributed by atoms with van der Waals surface area (Å²) < 4.78 is 14.1. The predicted molar refractivity (Wildman–Crippen MR) is 245 cm³/mol. The number of carbonyl (C=O) groups excluding carboxylic acids is 5. The first kappa shape index (κ1) is 46.1. The molecule has 0 radical (unpaired) electrons. The molecule has 0 aliphatic carbocycles. The minimum absolute atomic E-state index is 0.140. The van der Waals surface area contributed by atoms with Gasteiger partial charge in [0.05, 0.1) is 24.8 Å². The van der Waals surface area contributed by atoms with Crippen LogP contribution < -0.4 is 10.7 Å². The summed E-state index contributed by atoms with van der Waals surface area (Å²) in [4.78, 5) is 76.8. The maximum atomic E-state index is 14.7. The number of hydrogen-bond donors (Lipinski definition) is 2. The summed E-state index contributed by atoms with van der Waals surface area (Å²) in [6.07, 6.45) is 7.18. The molecule has 2 aromatic carbocycles. The molecule has 2 fully saturated rings. The van der Waals surface area contributed by atoms with Crippen LogP contribution in [0, 0.1) is 17.3 Å². The molecule has 4 aromatic rings. The zero-order chi connectivity index (χ0) is 45.9. The maximum Gasteiger partial charge on any atom is 0.324 e. The van der Waals surface area contributed by atoms with Gasteiger partial charge in [0.15, 0.2) is 0 Å². The highest BCUT2D eigenvalue weighted by atomic mass is 16.5. The lowest BCUT2D eigenvalue weighted by atomic mass is 9.84. The minimum atomic E-state index is -1.05. The molecule has 6 bridgehead atoms. The van der Waals surface area contributed by atoms with Crippen molar-refractivity contribution in [1.82, 2.24) is 35.1 Å². The average molecular weight is 874 g/mol. The van der Waals surface area contributed by atoms with E-state index in [0.29, 0.717) is 51.9 Å². The van der Waals surface area contributed by atoms with Crippen molar-refractivity contribution < 1.29 is 33.4 Å². The summed E-state index contributed by atoms with van der Waals surface area (Å²) in [5, 5.41) is 5.57. The third-order valence-electron chi connectivity index (χ3n) is 13.0. The number of likely N-dealkylation sites (tertiary alicyclic amines) is 1. The molecule has 1 unspecified atom stereocenters. The summed E-state index contributed by atoms with van der Waals surface area (Å²) in [6, 6.07) is 13.8. The number of nitrogens with zero attached hydrogens (tertiary/aromatic N) is 5. The lowest BCUT2D eigenvalue weighted by Gasteiger charge is -2.37. The van der Waals surface area contributed by atoms with Crippen LogP contribution in [0.2, 0.25) is 0 Å². The van der Waals surface area contributed by atoms with Crippen LogP contribution in [0.5, 0.6) is 0 Å². The van der Waals surface area contributed by atoms with Crippen molar-refractivity contribution in [2.24, 2.45) is 17.3 Å². The van der Waals surface area contributed by atoms with Crippen molar-refractivity contribution >= 4 is 40.5 Å². The maximum absolute atomic E-state index is 14.7. The molecule has 3 aliphatic rings. The fourth-order valence-corrected chi connectivity index (χ4v) is 9.75. The van der Waals surface area contributed by atoms with Gasteiger partial charge in [-0.2, -0.15) is 0 Å². The zero-order valence-electron chi connectivity index (χ0n) is 38.3. The number of hydrazine groups is 1. The van der Waals surface area contributed by atoms with Crippen LogP contribution in [0.1, 0.15) is 70.6 Å². The number of carbonyl (C=O) groups is 5. The van der Waals surface area contributed by atoms with Gasteiger partial charge in [-0.3, -0.25) is 34.0 Å². The molecule has 7 rings (SSSR count). The number of aryl methyl sites for hydroxylation is 1. The molecule has 64 heavy (non-hydrogen) atoms. The van der Waals surface area contributed by atoms with Crippen LogP contribution in [-0.2, 0) is 59.4 Å². The molecule has 3 aliphatic heterocycles. The molecule has 4 atom stereocenters. The van der Waals surface area contributed by atoms with Gasteiger partial charge in [0, 0.05) is 81.0 Å². The van der Waals surface area contributed by atoms with Gasteiger partial charge in [0.25, 0.3) is 5.91 Å². The smallest absolute Gasteiger partial charge is 0.324 e. The summed E-state index contributed by atoms with van der Waals surface area (Å²) in [6.45, 7) is 15.9. The first-order chi connectivity index (χ1) is 30.6. The fourth-order valence-electron chi connectivity index (χ4n) is 9.75. The van der Waals surface area contributed by atoms with Crippen molar-refractivity contribution in [3.05, 3.63) is 90.3 Å². The van der Waals surface area contributed by atoms with Crippen LogP contribution in [0.3, 0.4) is 0 Å². The van der Waals surface area contributed by atoms with Crippen LogP contribution in [-0.4, -0.2) is 112 Å². The van der Waals surface area contributed by atoms with Gasteiger partial charge < -0.3 is 29.2 Å². The van der Waals surface area contributed by atoms with Crippen LogP contribution >= 0.6 is 0 Å². The molecule has 2 aromatic heterocycles. The van der Waals surface area contributed by atoms with E-state index < -0.39 is 47.2 Å². The van der Waals surface area contributed by atoms with Crippen LogP contribution in [0.4, 0.5) is 0 Å². The highest BCUT2D eigenvalue weighted by Gasteiger charge is 2.40. The number of likely N-dealkylation sites (N-methyl/N-ethyl adjacent to an activating group) is 1. The summed E-state index contributed by atoms with van der Waals surface area (Å²) in [5.74, 6) is -2.55. The quantitative estimate of drug-likeness (QED) is 0.151. The topological polar surface area (TPSA) is 155 Å². The second-order valence-electron chi connectivity index (χ2n) is 18.6. The van der Waals surface area contributed by atoms with Crippen LogP contribution in [0.25, 0.3) is 33.3 Å². The van der Waals surface area contributed by atoms with E-state index in [-0.39, 0.29) is 37.3 Å². The van der Waals surface area contributed by atoms with E-state index in [1.807, 2.05) is 38.2 Å². The Balaban J connectivity index is 1.28. The summed E-state index contributed by atoms with van der Waals surface area (Å²) in [7, 11) is 3.30. The van der Waals surface area contributed by atoms with E-state index >= 15 is 0 Å². The van der Waals surface area contributed by atoms with E-state index in [2.05, 4.69) is 78.0 Å². The van der Waals surface area contributed by atoms with Gasteiger partial charge in [0.1, 0.15) is 18.1 Å². The molecule has 2 saturated heterocycles. The van der Waals surface area contributed by atoms with Crippen molar-refractivity contribution in [3.8, 4) is 22.4 Å². The molecular formula is C50H63N7O7. The second kappa shape index (κ2) is 19.5. The third kappa shape index (κ3) is 9.63. The van der Waals surface area contributed by atoms with E-state index in [4.69, 9.17) is 9.47 Å². The SMILES string of the molecule is C=CC(=O)N1CC[C@H](C(=O)N(C)C(C(=O)N[C@H]2Cc3cccc(c3)-c3ccc4c(c3)c(c(-c3cnccc3COC)n4CC)CC(C)(C)COC(=O)[C@@H]3CCCN(N3)C2=O)C(C)C)C1. The highest BCUT2D eigenvalue weighted by Crippen LogP contribution is 2.41. The Bertz CT molecular complexity index is 2420. The van der Waals surface area contributed by atoms with E-state index in [1.54, 1.807) is 25.3 Å². The number of ether oxygens (including phenoxy) is 2. The van der Waals surface area contributed by atoms with E-state index in [1.165, 1.54) is 16.0 Å². The normalized spacial score (nSPS) is 20.7. The second-order valence-corrected chi connectivity index (χ2v) is 18.6. The largest absolute Gasteiger partial charge is 0.464 e. The number of rotatable bonds is 10. The number of cyclic esters (lactones) is 1. The first-order valence-electron chi connectivity index (χ1n) is 22.5. The highest BCUT2D eigenvalue weighted by molar-refractivity contribution is 5.96. The lowest BCUT2D eigenvalue weighted by Crippen LogP contribution is -2.62. The number of fused-ring (bicyclic) bond motifs is 6. The zero-order valence-corrected chi connectivity index (χ0v) is 38.3.